The number of carbonyl (C=O) groups is 1. The average molecular weight is 328 g/mol. The van der Waals surface area contributed by atoms with E-state index in [2.05, 4.69) is 31.2 Å². The topological polar surface area (TPSA) is 26.3 Å². The van der Waals surface area contributed by atoms with Crippen molar-refractivity contribution in [2.45, 2.75) is 25.9 Å². The van der Waals surface area contributed by atoms with Gasteiger partial charge in [-0.05, 0) is 29.2 Å². The Hall–Kier alpha value is -2.87. The lowest BCUT2D eigenvalue weighted by Crippen LogP contribution is -2.20. The van der Waals surface area contributed by atoms with Crippen molar-refractivity contribution in [2.75, 3.05) is 0 Å². The molecule has 0 spiro atoms. The van der Waals surface area contributed by atoms with Crippen molar-refractivity contribution in [1.29, 1.82) is 0 Å². The first-order valence-corrected chi connectivity index (χ1v) is 8.73. The molecule has 0 fully saturated rings. The SMILES string of the molecule is CCc1ccc(-c2cccc3c2OC(c2ccccc2)CC3=O)cc1. The summed E-state index contributed by atoms with van der Waals surface area (Å²) < 4.78 is 6.31. The molecule has 4 rings (SSSR count). The first-order chi connectivity index (χ1) is 12.3. The zero-order valence-electron chi connectivity index (χ0n) is 14.2. The highest BCUT2D eigenvalue weighted by molar-refractivity contribution is 6.02. The Labute approximate surface area is 148 Å². The first kappa shape index (κ1) is 15.6. The summed E-state index contributed by atoms with van der Waals surface area (Å²) in [5.74, 6) is 0.846. The minimum atomic E-state index is -0.225. The van der Waals surface area contributed by atoms with Crippen LogP contribution in [0.1, 0.15) is 40.9 Å². The number of ether oxygens (including phenoxy) is 1. The minimum absolute atomic E-state index is 0.141. The minimum Gasteiger partial charge on any atom is -0.484 e. The molecule has 0 N–H and O–H groups in total. The number of hydrogen-bond acceptors (Lipinski definition) is 2. The Kier molecular flexibility index (Phi) is 4.10. The van der Waals surface area contributed by atoms with E-state index in [4.69, 9.17) is 4.74 Å². The monoisotopic (exact) mass is 328 g/mol. The Morgan fingerprint density at radius 1 is 0.880 bits per heavy atom. The number of aryl methyl sites for hydroxylation is 1. The van der Waals surface area contributed by atoms with Crippen LogP contribution in [0.4, 0.5) is 0 Å². The molecule has 3 aromatic rings. The molecule has 0 bridgehead atoms. The predicted molar refractivity (Wildman–Crippen MR) is 100 cm³/mol. The van der Waals surface area contributed by atoms with Crippen LogP contribution in [0, 0.1) is 0 Å². The van der Waals surface area contributed by atoms with E-state index in [1.54, 1.807) is 0 Å². The molecule has 0 aromatic heterocycles. The maximum Gasteiger partial charge on any atom is 0.170 e. The van der Waals surface area contributed by atoms with Gasteiger partial charge in [-0.1, -0.05) is 73.7 Å². The van der Waals surface area contributed by atoms with Gasteiger partial charge in [-0.25, -0.2) is 0 Å². The van der Waals surface area contributed by atoms with E-state index in [1.165, 1.54) is 5.56 Å². The smallest absolute Gasteiger partial charge is 0.170 e. The molecular formula is C23H20O2. The fraction of sp³-hybridized carbons (Fsp3) is 0.174. The van der Waals surface area contributed by atoms with Crippen LogP contribution in [0.2, 0.25) is 0 Å². The van der Waals surface area contributed by atoms with Gasteiger partial charge in [0.2, 0.25) is 0 Å². The van der Waals surface area contributed by atoms with Crippen LogP contribution in [0.5, 0.6) is 5.75 Å². The van der Waals surface area contributed by atoms with Crippen LogP contribution < -0.4 is 4.74 Å². The van der Waals surface area contributed by atoms with E-state index in [1.807, 2.05) is 48.5 Å². The van der Waals surface area contributed by atoms with E-state index >= 15 is 0 Å². The summed E-state index contributed by atoms with van der Waals surface area (Å²) in [4.78, 5) is 12.7. The summed E-state index contributed by atoms with van der Waals surface area (Å²) in [5.41, 5.74) is 5.08. The summed E-state index contributed by atoms with van der Waals surface area (Å²) >= 11 is 0. The third kappa shape index (κ3) is 2.96. The molecule has 1 unspecified atom stereocenters. The molecular weight excluding hydrogens is 308 g/mol. The predicted octanol–water partition coefficient (Wildman–Crippen LogP) is 5.62. The zero-order chi connectivity index (χ0) is 17.2. The molecule has 0 aliphatic carbocycles. The molecule has 0 amide bonds. The molecule has 1 aliphatic heterocycles. The third-order valence-corrected chi connectivity index (χ3v) is 4.79. The molecule has 0 saturated carbocycles. The number of benzene rings is 3. The number of para-hydroxylation sites is 1. The number of ketones is 1. The summed E-state index contributed by atoms with van der Waals surface area (Å²) in [6.45, 7) is 2.14. The molecule has 2 nitrogen and oxygen atoms in total. The van der Waals surface area contributed by atoms with E-state index in [9.17, 15) is 4.79 Å². The van der Waals surface area contributed by atoms with Crippen LogP contribution in [0.15, 0.2) is 72.8 Å². The molecule has 2 heteroatoms. The van der Waals surface area contributed by atoms with Crippen molar-refractivity contribution in [3.8, 4) is 16.9 Å². The van der Waals surface area contributed by atoms with Gasteiger partial charge in [0.1, 0.15) is 11.9 Å². The first-order valence-electron chi connectivity index (χ1n) is 8.73. The lowest BCUT2D eigenvalue weighted by atomic mass is 9.92. The summed E-state index contributed by atoms with van der Waals surface area (Å²) in [6.07, 6.45) is 1.17. The molecule has 124 valence electrons. The van der Waals surface area contributed by atoms with E-state index in [0.717, 1.165) is 23.1 Å². The van der Waals surface area contributed by atoms with Crippen LogP contribution in [0.3, 0.4) is 0 Å². The van der Waals surface area contributed by atoms with Crippen LogP contribution >= 0.6 is 0 Å². The Bertz CT molecular complexity index is 895. The van der Waals surface area contributed by atoms with Crippen molar-refractivity contribution < 1.29 is 9.53 Å². The second-order valence-corrected chi connectivity index (χ2v) is 6.38. The number of fused-ring (bicyclic) bond motifs is 1. The highest BCUT2D eigenvalue weighted by Crippen LogP contribution is 2.41. The van der Waals surface area contributed by atoms with Crippen molar-refractivity contribution in [3.05, 3.63) is 89.5 Å². The summed E-state index contributed by atoms with van der Waals surface area (Å²) in [6, 6.07) is 24.3. The molecule has 1 heterocycles. The second-order valence-electron chi connectivity index (χ2n) is 6.38. The van der Waals surface area contributed by atoms with Gasteiger partial charge in [-0.15, -0.1) is 0 Å². The van der Waals surface area contributed by atoms with Gasteiger partial charge in [0.15, 0.2) is 5.78 Å². The van der Waals surface area contributed by atoms with Gasteiger partial charge in [0.05, 0.1) is 12.0 Å². The lowest BCUT2D eigenvalue weighted by molar-refractivity contribution is 0.0851. The lowest BCUT2D eigenvalue weighted by Gasteiger charge is -2.27. The standard InChI is InChI=1S/C23H20O2/c1-2-16-11-13-17(14-12-16)19-9-6-10-20-21(24)15-22(25-23(19)20)18-7-4-3-5-8-18/h3-14,22H,2,15H2,1H3. The molecule has 0 saturated heterocycles. The average Bonchev–Trinajstić information content (AvgIpc) is 2.68. The second kappa shape index (κ2) is 6.56. The third-order valence-electron chi connectivity index (χ3n) is 4.79. The summed E-state index contributed by atoms with van der Waals surface area (Å²) in [5, 5.41) is 0. The largest absolute Gasteiger partial charge is 0.484 e. The molecule has 0 radical (unpaired) electrons. The van der Waals surface area contributed by atoms with Gasteiger partial charge in [-0.3, -0.25) is 4.79 Å². The quantitative estimate of drug-likeness (QED) is 0.623. The fourth-order valence-electron chi connectivity index (χ4n) is 3.35. The maximum absolute atomic E-state index is 12.7. The Balaban J connectivity index is 1.77. The van der Waals surface area contributed by atoms with Crippen molar-refractivity contribution in [2.24, 2.45) is 0 Å². The zero-order valence-corrected chi connectivity index (χ0v) is 14.2. The molecule has 1 atom stereocenters. The van der Waals surface area contributed by atoms with E-state index < -0.39 is 0 Å². The maximum atomic E-state index is 12.7. The normalized spacial score (nSPS) is 16.2. The number of rotatable bonds is 3. The molecule has 1 aliphatic rings. The molecule has 3 aromatic carbocycles. The number of hydrogen-bond donors (Lipinski definition) is 0. The van der Waals surface area contributed by atoms with Crippen LogP contribution in [-0.4, -0.2) is 5.78 Å². The highest BCUT2D eigenvalue weighted by Gasteiger charge is 2.29. The Morgan fingerprint density at radius 3 is 2.32 bits per heavy atom. The van der Waals surface area contributed by atoms with E-state index in [0.29, 0.717) is 17.7 Å². The summed E-state index contributed by atoms with van der Waals surface area (Å²) in [7, 11) is 0. The van der Waals surface area contributed by atoms with Crippen molar-refractivity contribution in [1.82, 2.24) is 0 Å². The van der Waals surface area contributed by atoms with Crippen LogP contribution in [0.25, 0.3) is 11.1 Å². The Morgan fingerprint density at radius 2 is 1.60 bits per heavy atom. The molecule has 25 heavy (non-hydrogen) atoms. The van der Waals surface area contributed by atoms with E-state index in [-0.39, 0.29) is 11.9 Å². The van der Waals surface area contributed by atoms with Gasteiger partial charge in [-0.2, -0.15) is 0 Å². The van der Waals surface area contributed by atoms with Gasteiger partial charge in [0, 0.05) is 5.56 Å². The van der Waals surface area contributed by atoms with Gasteiger partial charge < -0.3 is 4.74 Å². The van der Waals surface area contributed by atoms with Crippen molar-refractivity contribution in [3.63, 3.8) is 0 Å². The van der Waals surface area contributed by atoms with Gasteiger partial charge in [0.25, 0.3) is 0 Å². The van der Waals surface area contributed by atoms with Crippen LogP contribution in [-0.2, 0) is 6.42 Å². The van der Waals surface area contributed by atoms with Gasteiger partial charge >= 0.3 is 0 Å². The van der Waals surface area contributed by atoms with Crippen molar-refractivity contribution >= 4 is 5.78 Å². The number of carbonyl (C=O) groups excluding carboxylic acids is 1. The number of Topliss-reactive ketones (excluding diaryl/α,β-unsaturated/α-hetero) is 1. The fourth-order valence-corrected chi connectivity index (χ4v) is 3.35. The highest BCUT2D eigenvalue weighted by atomic mass is 16.5.